The molecule has 176 valence electrons. The predicted octanol–water partition coefficient (Wildman–Crippen LogP) is 3.42. The summed E-state index contributed by atoms with van der Waals surface area (Å²) in [7, 11) is 0. The summed E-state index contributed by atoms with van der Waals surface area (Å²) in [5, 5.41) is 9.74. The van der Waals surface area contributed by atoms with Gasteiger partial charge in [0.15, 0.2) is 6.10 Å². The minimum absolute atomic E-state index is 0.108. The third-order valence-electron chi connectivity index (χ3n) is 7.47. The second-order valence-electron chi connectivity index (χ2n) is 10.1. The number of alkyl halides is 1. The molecule has 0 spiro atoms. The van der Waals surface area contributed by atoms with Gasteiger partial charge in [-0.3, -0.25) is 14.4 Å². The number of amides is 2. The zero-order valence-electron chi connectivity index (χ0n) is 19.0. The maximum atomic E-state index is 13.0. The normalized spacial score (nSPS) is 32.2. The third kappa shape index (κ3) is 4.51. The first-order valence-corrected chi connectivity index (χ1v) is 12.0. The van der Waals surface area contributed by atoms with Gasteiger partial charge in [-0.15, -0.1) is 11.6 Å². The van der Waals surface area contributed by atoms with Gasteiger partial charge in [0.25, 0.3) is 5.91 Å². The first kappa shape index (κ1) is 23.1. The second-order valence-corrected chi connectivity index (χ2v) is 10.9. The molecule has 4 aliphatic carbocycles. The molecule has 1 heterocycles. The molecule has 4 saturated carbocycles. The average Bonchev–Trinajstić information content (AvgIpc) is 3.17. The van der Waals surface area contributed by atoms with Gasteiger partial charge in [0.05, 0.1) is 17.7 Å². The highest BCUT2D eigenvalue weighted by atomic mass is 35.5. The molecule has 1 aromatic heterocycles. The van der Waals surface area contributed by atoms with E-state index >= 15 is 0 Å². The maximum Gasteiger partial charge on any atom is 0.326 e. The molecule has 0 aromatic carbocycles. The van der Waals surface area contributed by atoms with Crippen LogP contribution in [-0.4, -0.2) is 45.1 Å². The summed E-state index contributed by atoms with van der Waals surface area (Å²) >= 11 is 6.81. The molecule has 0 aliphatic heterocycles. The number of aromatic nitrogens is 2. The van der Waals surface area contributed by atoms with Crippen molar-refractivity contribution in [1.82, 2.24) is 15.1 Å². The Labute approximate surface area is 193 Å². The highest BCUT2D eigenvalue weighted by molar-refractivity contribution is 6.24. The molecular weight excluding hydrogens is 432 g/mol. The SMILES string of the molecule is CC[C@@H](C)n1nccc1NC(=O)[C@@H](C)OC(=O)CNC(=O)C12C[C@@H]3C[C@@H](CC(Cl)(C3)C1)C2. The van der Waals surface area contributed by atoms with Crippen molar-refractivity contribution in [3.63, 3.8) is 0 Å². The zero-order valence-corrected chi connectivity index (χ0v) is 19.8. The standard InChI is InChI=1S/C23H33ClN4O4/c1-4-14(2)28-18(5-6-26-28)27-20(30)15(3)32-19(29)12-25-21(31)22-8-16-7-17(9-22)11-23(24,10-16)13-22/h5-6,14-17H,4,7-13H2,1-3H3,(H,25,31)(H,27,30)/t14-,15-,16-,17+,22?,23?/m1/s1. The predicted molar refractivity (Wildman–Crippen MR) is 120 cm³/mol. The van der Waals surface area contributed by atoms with Gasteiger partial charge in [0.2, 0.25) is 5.91 Å². The van der Waals surface area contributed by atoms with Crippen LogP contribution in [0.1, 0.15) is 71.8 Å². The van der Waals surface area contributed by atoms with Crippen LogP contribution in [0.5, 0.6) is 0 Å². The average molecular weight is 465 g/mol. The van der Waals surface area contributed by atoms with E-state index in [1.165, 1.54) is 6.92 Å². The summed E-state index contributed by atoms with van der Waals surface area (Å²) in [6.45, 7) is 5.29. The van der Waals surface area contributed by atoms with Gasteiger partial charge in [-0.1, -0.05) is 6.92 Å². The molecule has 0 radical (unpaired) electrons. The molecule has 2 unspecified atom stereocenters. The summed E-state index contributed by atoms with van der Waals surface area (Å²) in [5.41, 5.74) is -0.469. The van der Waals surface area contributed by atoms with Gasteiger partial charge >= 0.3 is 5.97 Å². The highest BCUT2D eigenvalue weighted by Crippen LogP contribution is 2.63. The van der Waals surface area contributed by atoms with Crippen molar-refractivity contribution in [1.29, 1.82) is 0 Å². The lowest BCUT2D eigenvalue weighted by molar-refractivity contribution is -0.155. The fourth-order valence-corrected chi connectivity index (χ4v) is 6.91. The minimum atomic E-state index is -0.995. The van der Waals surface area contributed by atoms with Gasteiger partial charge in [-0.25, -0.2) is 4.68 Å². The van der Waals surface area contributed by atoms with Gasteiger partial charge in [0.1, 0.15) is 12.4 Å². The van der Waals surface area contributed by atoms with Crippen molar-refractivity contribution in [3.8, 4) is 0 Å². The molecule has 0 saturated heterocycles. The van der Waals surface area contributed by atoms with Crippen LogP contribution in [-0.2, 0) is 19.1 Å². The molecule has 1 aromatic rings. The largest absolute Gasteiger partial charge is 0.451 e. The van der Waals surface area contributed by atoms with Gasteiger partial charge < -0.3 is 15.4 Å². The van der Waals surface area contributed by atoms with E-state index in [0.29, 0.717) is 24.1 Å². The molecule has 9 heteroatoms. The molecule has 4 aliphatic rings. The minimum Gasteiger partial charge on any atom is -0.451 e. The molecule has 6 atom stereocenters. The van der Waals surface area contributed by atoms with E-state index in [1.54, 1.807) is 16.9 Å². The Balaban J connectivity index is 1.27. The molecule has 4 bridgehead atoms. The number of nitrogens with zero attached hydrogens (tertiary/aromatic N) is 2. The van der Waals surface area contributed by atoms with E-state index in [0.717, 1.165) is 38.5 Å². The summed E-state index contributed by atoms with van der Waals surface area (Å²) in [4.78, 5) is 37.6. The van der Waals surface area contributed by atoms with Crippen LogP contribution >= 0.6 is 11.6 Å². The first-order valence-electron chi connectivity index (χ1n) is 11.6. The van der Waals surface area contributed by atoms with Crippen LogP contribution < -0.4 is 10.6 Å². The second kappa shape index (κ2) is 8.69. The number of carbonyl (C=O) groups is 3. The van der Waals surface area contributed by atoms with E-state index in [4.69, 9.17) is 16.3 Å². The zero-order chi connectivity index (χ0) is 23.1. The van der Waals surface area contributed by atoms with Crippen molar-refractivity contribution in [2.45, 2.75) is 82.7 Å². The monoisotopic (exact) mass is 464 g/mol. The molecular formula is C23H33ClN4O4. The number of esters is 1. The van der Waals surface area contributed by atoms with Crippen molar-refractivity contribution >= 4 is 35.2 Å². The summed E-state index contributed by atoms with van der Waals surface area (Å²) in [6.07, 6.45) is 7.00. The number of carbonyl (C=O) groups excluding carboxylic acids is 3. The Morgan fingerprint density at radius 3 is 2.56 bits per heavy atom. The van der Waals surface area contributed by atoms with E-state index in [2.05, 4.69) is 15.7 Å². The van der Waals surface area contributed by atoms with Crippen LogP contribution in [0.3, 0.4) is 0 Å². The maximum absolute atomic E-state index is 13.0. The summed E-state index contributed by atoms with van der Waals surface area (Å²) in [6, 6.07) is 1.83. The Morgan fingerprint density at radius 2 is 1.94 bits per heavy atom. The van der Waals surface area contributed by atoms with Crippen LogP contribution in [0.2, 0.25) is 0 Å². The van der Waals surface area contributed by atoms with Gasteiger partial charge in [-0.05, 0) is 70.6 Å². The Kier molecular flexibility index (Phi) is 6.27. The van der Waals surface area contributed by atoms with Crippen LogP contribution in [0.4, 0.5) is 5.82 Å². The van der Waals surface area contributed by atoms with E-state index in [9.17, 15) is 14.4 Å². The third-order valence-corrected chi connectivity index (χ3v) is 7.91. The molecule has 5 rings (SSSR count). The number of halogens is 1. The number of rotatable bonds is 8. The summed E-state index contributed by atoms with van der Waals surface area (Å²) in [5.74, 6) is 0.361. The quantitative estimate of drug-likeness (QED) is 0.453. The first-order chi connectivity index (χ1) is 15.1. The van der Waals surface area contributed by atoms with E-state index < -0.39 is 23.4 Å². The van der Waals surface area contributed by atoms with E-state index in [1.807, 2.05) is 13.8 Å². The molecule has 4 fully saturated rings. The number of hydrogen-bond donors (Lipinski definition) is 2. The van der Waals surface area contributed by atoms with Gasteiger partial charge in [-0.2, -0.15) is 5.10 Å². The molecule has 32 heavy (non-hydrogen) atoms. The number of hydrogen-bond acceptors (Lipinski definition) is 5. The lowest BCUT2D eigenvalue weighted by atomic mass is 9.49. The van der Waals surface area contributed by atoms with Crippen LogP contribution in [0, 0.1) is 17.3 Å². The fourth-order valence-electron chi connectivity index (χ4n) is 6.21. The lowest BCUT2D eigenvalue weighted by Gasteiger charge is -2.59. The van der Waals surface area contributed by atoms with E-state index in [-0.39, 0.29) is 23.4 Å². The van der Waals surface area contributed by atoms with Crippen LogP contribution in [0.25, 0.3) is 0 Å². The lowest BCUT2D eigenvalue weighted by Crippen LogP contribution is -2.58. The number of anilines is 1. The van der Waals surface area contributed by atoms with Gasteiger partial charge in [0, 0.05) is 10.9 Å². The van der Waals surface area contributed by atoms with Crippen LogP contribution in [0.15, 0.2) is 12.3 Å². The Bertz CT molecular complexity index is 886. The van der Waals surface area contributed by atoms with Crippen molar-refractivity contribution in [2.75, 3.05) is 11.9 Å². The molecule has 2 N–H and O–H groups in total. The topological polar surface area (TPSA) is 102 Å². The smallest absolute Gasteiger partial charge is 0.326 e. The highest BCUT2D eigenvalue weighted by Gasteiger charge is 2.60. The Hall–Kier alpha value is -2.09. The Morgan fingerprint density at radius 1 is 1.25 bits per heavy atom. The van der Waals surface area contributed by atoms with Crippen molar-refractivity contribution < 1.29 is 19.1 Å². The fraction of sp³-hybridized carbons (Fsp3) is 0.739. The molecule has 2 amide bonds. The van der Waals surface area contributed by atoms with Crippen molar-refractivity contribution in [3.05, 3.63) is 12.3 Å². The number of ether oxygens (including phenoxy) is 1. The number of nitrogens with one attached hydrogen (secondary N) is 2. The molecule has 8 nitrogen and oxygen atoms in total. The summed E-state index contributed by atoms with van der Waals surface area (Å²) < 4.78 is 6.98. The van der Waals surface area contributed by atoms with Crippen molar-refractivity contribution in [2.24, 2.45) is 17.3 Å².